The molecule has 1 heterocycles. The lowest BCUT2D eigenvalue weighted by Crippen LogP contribution is -2.02. The third-order valence-corrected chi connectivity index (χ3v) is 1.48. The summed E-state index contributed by atoms with van der Waals surface area (Å²) in [6.45, 7) is 2.39. The Labute approximate surface area is 78.4 Å². The van der Waals surface area contributed by atoms with Crippen LogP contribution in [0.5, 0.6) is 5.75 Å². The number of ether oxygens (including phenoxy) is 1. The Hall–Kier alpha value is -0.800. The maximum Gasteiger partial charge on any atom is 0.141 e. The third-order valence-electron chi connectivity index (χ3n) is 1.48. The van der Waals surface area contributed by atoms with Gasteiger partial charge in [0.15, 0.2) is 0 Å². The Morgan fingerprint density at radius 1 is 1.58 bits per heavy atom. The molecule has 1 rings (SSSR count). The van der Waals surface area contributed by atoms with Crippen LogP contribution >= 0.6 is 12.4 Å². The highest BCUT2D eigenvalue weighted by Gasteiger charge is 2.00. The summed E-state index contributed by atoms with van der Waals surface area (Å²) < 4.78 is 5.07. The second kappa shape index (κ2) is 4.95. The number of rotatable bonds is 2. The summed E-state index contributed by atoms with van der Waals surface area (Å²) in [7, 11) is 1.62. The number of nitrogens with two attached hydrogens (primary N) is 1. The van der Waals surface area contributed by atoms with Crippen LogP contribution in [0.3, 0.4) is 0 Å². The molecule has 0 unspecified atom stereocenters. The van der Waals surface area contributed by atoms with E-state index in [-0.39, 0.29) is 12.4 Å². The SMILES string of the molecule is COc1cc(C)cnc1CN.Cl. The molecule has 0 saturated heterocycles. The van der Waals surface area contributed by atoms with Gasteiger partial charge >= 0.3 is 0 Å². The molecule has 0 aromatic carbocycles. The Bertz CT molecular complexity index is 253. The van der Waals surface area contributed by atoms with E-state index in [1.165, 1.54) is 0 Å². The van der Waals surface area contributed by atoms with Crippen molar-refractivity contribution in [3.8, 4) is 5.75 Å². The second-order valence-corrected chi connectivity index (χ2v) is 2.37. The van der Waals surface area contributed by atoms with Crippen LogP contribution in [0, 0.1) is 6.92 Å². The summed E-state index contributed by atoms with van der Waals surface area (Å²) in [5, 5.41) is 0. The normalized spacial score (nSPS) is 8.92. The van der Waals surface area contributed by atoms with Gasteiger partial charge < -0.3 is 10.5 Å². The van der Waals surface area contributed by atoms with Gasteiger partial charge in [-0.2, -0.15) is 0 Å². The molecule has 2 N–H and O–H groups in total. The summed E-state index contributed by atoms with van der Waals surface area (Å²) in [6, 6.07) is 1.93. The van der Waals surface area contributed by atoms with Crippen LogP contribution in [0.15, 0.2) is 12.3 Å². The molecule has 0 amide bonds. The number of methoxy groups -OCH3 is 1. The molecule has 0 fully saturated rings. The van der Waals surface area contributed by atoms with Crippen LogP contribution in [0.4, 0.5) is 0 Å². The molecule has 0 aliphatic carbocycles. The predicted molar refractivity (Wildman–Crippen MR) is 50.7 cm³/mol. The van der Waals surface area contributed by atoms with E-state index in [1.807, 2.05) is 13.0 Å². The first-order valence-corrected chi connectivity index (χ1v) is 3.47. The molecule has 0 saturated carbocycles. The molecule has 1 aromatic heterocycles. The maximum atomic E-state index is 5.43. The van der Waals surface area contributed by atoms with Crippen molar-refractivity contribution in [3.05, 3.63) is 23.5 Å². The monoisotopic (exact) mass is 188 g/mol. The van der Waals surface area contributed by atoms with Crippen LogP contribution in [0.25, 0.3) is 0 Å². The van der Waals surface area contributed by atoms with Gasteiger partial charge in [-0.05, 0) is 18.6 Å². The first-order valence-electron chi connectivity index (χ1n) is 3.47. The summed E-state index contributed by atoms with van der Waals surface area (Å²) in [6.07, 6.45) is 1.78. The van der Waals surface area contributed by atoms with Crippen LogP contribution in [0.1, 0.15) is 11.3 Å². The summed E-state index contributed by atoms with van der Waals surface area (Å²) in [4.78, 5) is 4.12. The van der Waals surface area contributed by atoms with E-state index in [2.05, 4.69) is 4.98 Å². The number of hydrogen-bond acceptors (Lipinski definition) is 3. The Morgan fingerprint density at radius 2 is 2.25 bits per heavy atom. The van der Waals surface area contributed by atoms with Crippen LogP contribution in [-0.2, 0) is 6.54 Å². The summed E-state index contributed by atoms with van der Waals surface area (Å²) in [5.74, 6) is 0.771. The average molecular weight is 189 g/mol. The smallest absolute Gasteiger partial charge is 0.141 e. The van der Waals surface area contributed by atoms with Gasteiger partial charge in [0.25, 0.3) is 0 Å². The first-order chi connectivity index (χ1) is 5.27. The Morgan fingerprint density at radius 3 is 2.75 bits per heavy atom. The standard InChI is InChI=1S/C8H12N2O.ClH/c1-6-3-8(11-2)7(4-9)10-5-6;/h3,5H,4,9H2,1-2H3;1H. The lowest BCUT2D eigenvalue weighted by atomic mass is 10.2. The number of halogens is 1. The zero-order valence-electron chi connectivity index (χ0n) is 7.20. The number of aromatic nitrogens is 1. The number of nitrogens with zero attached hydrogens (tertiary/aromatic N) is 1. The zero-order chi connectivity index (χ0) is 8.27. The highest BCUT2D eigenvalue weighted by Crippen LogP contribution is 2.15. The van der Waals surface area contributed by atoms with E-state index in [0.717, 1.165) is 17.0 Å². The van der Waals surface area contributed by atoms with Gasteiger partial charge in [-0.3, -0.25) is 4.98 Å². The fraction of sp³-hybridized carbons (Fsp3) is 0.375. The van der Waals surface area contributed by atoms with Gasteiger partial charge in [0.1, 0.15) is 5.75 Å². The molecule has 0 aliphatic rings. The van der Waals surface area contributed by atoms with Crippen molar-refractivity contribution in [3.63, 3.8) is 0 Å². The summed E-state index contributed by atoms with van der Waals surface area (Å²) in [5.41, 5.74) is 7.32. The van der Waals surface area contributed by atoms with Gasteiger partial charge in [-0.25, -0.2) is 0 Å². The minimum atomic E-state index is 0. The fourth-order valence-electron chi connectivity index (χ4n) is 0.901. The minimum absolute atomic E-state index is 0. The molecule has 3 nitrogen and oxygen atoms in total. The molecule has 4 heteroatoms. The minimum Gasteiger partial charge on any atom is -0.495 e. The highest BCUT2D eigenvalue weighted by atomic mass is 35.5. The third kappa shape index (κ3) is 2.36. The van der Waals surface area contributed by atoms with E-state index >= 15 is 0 Å². The fourth-order valence-corrected chi connectivity index (χ4v) is 0.901. The molecule has 68 valence electrons. The van der Waals surface area contributed by atoms with E-state index in [0.29, 0.717) is 6.54 Å². The first kappa shape index (κ1) is 11.2. The van der Waals surface area contributed by atoms with Crippen LogP contribution in [-0.4, -0.2) is 12.1 Å². The quantitative estimate of drug-likeness (QED) is 0.761. The zero-order valence-corrected chi connectivity index (χ0v) is 8.02. The van der Waals surface area contributed by atoms with Crippen LogP contribution < -0.4 is 10.5 Å². The van der Waals surface area contributed by atoms with Gasteiger partial charge in [0.2, 0.25) is 0 Å². The second-order valence-electron chi connectivity index (χ2n) is 2.37. The van der Waals surface area contributed by atoms with E-state index in [9.17, 15) is 0 Å². The lowest BCUT2D eigenvalue weighted by molar-refractivity contribution is 0.406. The van der Waals surface area contributed by atoms with Crippen molar-refractivity contribution < 1.29 is 4.74 Å². The molecule has 0 aliphatic heterocycles. The lowest BCUT2D eigenvalue weighted by Gasteiger charge is -2.05. The van der Waals surface area contributed by atoms with Gasteiger partial charge in [-0.1, -0.05) is 0 Å². The summed E-state index contributed by atoms with van der Waals surface area (Å²) >= 11 is 0. The molecule has 0 bridgehead atoms. The largest absolute Gasteiger partial charge is 0.495 e. The van der Waals surface area contributed by atoms with Crippen molar-refractivity contribution in [2.24, 2.45) is 5.73 Å². The molecule has 0 atom stereocenters. The van der Waals surface area contributed by atoms with Crippen molar-refractivity contribution in [2.75, 3.05) is 7.11 Å². The Balaban J connectivity index is 0.00000121. The van der Waals surface area contributed by atoms with Crippen LogP contribution in [0.2, 0.25) is 0 Å². The van der Waals surface area contributed by atoms with E-state index in [1.54, 1.807) is 13.3 Å². The molecular formula is C8H13ClN2O. The van der Waals surface area contributed by atoms with Crippen molar-refractivity contribution in [1.82, 2.24) is 4.98 Å². The number of aryl methyl sites for hydroxylation is 1. The van der Waals surface area contributed by atoms with E-state index in [4.69, 9.17) is 10.5 Å². The molecule has 0 spiro atoms. The molecule has 1 aromatic rings. The average Bonchev–Trinajstić information content (AvgIpc) is 2.04. The molecular weight excluding hydrogens is 176 g/mol. The van der Waals surface area contributed by atoms with Crippen molar-refractivity contribution >= 4 is 12.4 Å². The topological polar surface area (TPSA) is 48.1 Å². The van der Waals surface area contributed by atoms with Gasteiger partial charge in [0, 0.05) is 12.7 Å². The predicted octanol–water partition coefficient (Wildman–Crippen LogP) is 1.28. The molecule has 12 heavy (non-hydrogen) atoms. The number of hydrogen-bond donors (Lipinski definition) is 1. The van der Waals surface area contributed by atoms with Gasteiger partial charge in [-0.15, -0.1) is 12.4 Å². The maximum absolute atomic E-state index is 5.43. The van der Waals surface area contributed by atoms with E-state index < -0.39 is 0 Å². The highest BCUT2D eigenvalue weighted by molar-refractivity contribution is 5.85. The molecule has 0 radical (unpaired) electrons. The van der Waals surface area contributed by atoms with Gasteiger partial charge in [0.05, 0.1) is 12.8 Å². The number of pyridine rings is 1. The Kier molecular flexibility index (Phi) is 4.62. The van der Waals surface area contributed by atoms with Crippen molar-refractivity contribution in [1.29, 1.82) is 0 Å². The van der Waals surface area contributed by atoms with Crippen molar-refractivity contribution in [2.45, 2.75) is 13.5 Å².